The largest absolute Gasteiger partial charge is 0.387 e. The molecule has 0 aliphatic heterocycles. The zero-order valence-corrected chi connectivity index (χ0v) is 8.12. The second-order valence-electron chi connectivity index (χ2n) is 3.23. The molecule has 0 aromatic carbocycles. The quantitative estimate of drug-likeness (QED) is 0.731. The van der Waals surface area contributed by atoms with Crippen LogP contribution in [0.5, 0.6) is 0 Å². The molecule has 0 saturated heterocycles. The lowest BCUT2D eigenvalue weighted by molar-refractivity contribution is 0.165. The Morgan fingerprint density at radius 1 is 1.46 bits per heavy atom. The molecule has 1 aromatic rings. The highest BCUT2D eigenvalue weighted by Crippen LogP contribution is 2.15. The number of hydrogen-bond acceptors (Lipinski definition) is 3. The van der Waals surface area contributed by atoms with Gasteiger partial charge in [0.15, 0.2) is 0 Å². The van der Waals surface area contributed by atoms with Crippen molar-refractivity contribution in [2.24, 2.45) is 5.73 Å². The summed E-state index contributed by atoms with van der Waals surface area (Å²) in [5.41, 5.74) is 8.17. The third-order valence-electron chi connectivity index (χ3n) is 2.15. The van der Waals surface area contributed by atoms with Crippen molar-refractivity contribution in [3.63, 3.8) is 0 Å². The number of aryl methyl sites for hydroxylation is 2. The number of nitrogens with two attached hydrogens (primary N) is 1. The minimum atomic E-state index is -0.524. The standard InChI is InChI=1S/C10H16N2O/c1-7-3-4-9(12-8(7)2)10(13)5-6-11/h3-4,10,13H,5-6,11H2,1-2H3. The van der Waals surface area contributed by atoms with Gasteiger partial charge in [-0.2, -0.15) is 0 Å². The van der Waals surface area contributed by atoms with Crippen molar-refractivity contribution >= 4 is 0 Å². The van der Waals surface area contributed by atoms with E-state index in [1.54, 1.807) is 0 Å². The highest BCUT2D eigenvalue weighted by molar-refractivity contribution is 5.21. The number of hydrogen-bond donors (Lipinski definition) is 2. The first-order valence-electron chi connectivity index (χ1n) is 4.47. The Morgan fingerprint density at radius 3 is 2.69 bits per heavy atom. The van der Waals surface area contributed by atoms with Gasteiger partial charge in [-0.05, 0) is 38.4 Å². The summed E-state index contributed by atoms with van der Waals surface area (Å²) >= 11 is 0. The Morgan fingerprint density at radius 2 is 2.15 bits per heavy atom. The molecule has 1 aromatic heterocycles. The summed E-state index contributed by atoms with van der Waals surface area (Å²) < 4.78 is 0. The average molecular weight is 180 g/mol. The van der Waals surface area contributed by atoms with Crippen molar-refractivity contribution in [3.05, 3.63) is 29.1 Å². The topological polar surface area (TPSA) is 59.1 Å². The highest BCUT2D eigenvalue weighted by Gasteiger charge is 2.08. The van der Waals surface area contributed by atoms with Crippen LogP contribution in [0.1, 0.15) is 29.5 Å². The summed E-state index contributed by atoms with van der Waals surface area (Å²) in [6.45, 7) is 4.42. The number of aliphatic hydroxyl groups is 1. The summed E-state index contributed by atoms with van der Waals surface area (Å²) in [6.07, 6.45) is 0.0412. The first-order valence-corrected chi connectivity index (χ1v) is 4.47. The lowest BCUT2D eigenvalue weighted by Crippen LogP contribution is -2.08. The van der Waals surface area contributed by atoms with Crippen molar-refractivity contribution in [2.45, 2.75) is 26.4 Å². The van der Waals surface area contributed by atoms with Crippen LogP contribution in [0.3, 0.4) is 0 Å². The van der Waals surface area contributed by atoms with Gasteiger partial charge in [-0.1, -0.05) is 6.07 Å². The first kappa shape index (κ1) is 10.2. The summed E-state index contributed by atoms with van der Waals surface area (Å²) in [5, 5.41) is 9.59. The first-order chi connectivity index (χ1) is 6.15. The summed E-state index contributed by atoms with van der Waals surface area (Å²) in [5.74, 6) is 0. The van der Waals surface area contributed by atoms with Crippen LogP contribution in [0.15, 0.2) is 12.1 Å². The molecule has 0 saturated carbocycles. The second kappa shape index (κ2) is 4.35. The van der Waals surface area contributed by atoms with Crippen molar-refractivity contribution in [3.8, 4) is 0 Å². The van der Waals surface area contributed by atoms with Gasteiger partial charge in [0, 0.05) is 5.69 Å². The van der Waals surface area contributed by atoms with E-state index < -0.39 is 6.10 Å². The van der Waals surface area contributed by atoms with E-state index in [0.29, 0.717) is 18.7 Å². The van der Waals surface area contributed by atoms with Crippen LogP contribution < -0.4 is 5.73 Å². The van der Waals surface area contributed by atoms with Gasteiger partial charge in [-0.3, -0.25) is 4.98 Å². The van der Waals surface area contributed by atoms with Gasteiger partial charge in [-0.25, -0.2) is 0 Å². The normalized spacial score (nSPS) is 12.9. The van der Waals surface area contributed by atoms with Crippen LogP contribution in [0.25, 0.3) is 0 Å². The maximum Gasteiger partial charge on any atom is 0.0971 e. The fourth-order valence-electron chi connectivity index (χ4n) is 1.14. The van der Waals surface area contributed by atoms with E-state index in [1.807, 2.05) is 26.0 Å². The number of pyridine rings is 1. The van der Waals surface area contributed by atoms with Crippen molar-refractivity contribution in [1.29, 1.82) is 0 Å². The monoisotopic (exact) mass is 180 g/mol. The summed E-state index contributed by atoms with van der Waals surface area (Å²) in [7, 11) is 0. The zero-order chi connectivity index (χ0) is 9.84. The van der Waals surface area contributed by atoms with Gasteiger partial charge in [-0.15, -0.1) is 0 Å². The van der Waals surface area contributed by atoms with E-state index in [1.165, 1.54) is 0 Å². The summed E-state index contributed by atoms with van der Waals surface area (Å²) in [4.78, 5) is 4.29. The van der Waals surface area contributed by atoms with Crippen molar-refractivity contribution in [2.75, 3.05) is 6.54 Å². The molecule has 0 radical (unpaired) electrons. The Hall–Kier alpha value is -0.930. The third-order valence-corrected chi connectivity index (χ3v) is 2.15. The molecular formula is C10H16N2O. The Kier molecular flexibility index (Phi) is 3.39. The fraction of sp³-hybridized carbons (Fsp3) is 0.500. The third kappa shape index (κ3) is 2.50. The molecule has 0 spiro atoms. The molecule has 1 unspecified atom stereocenters. The number of aliphatic hydroxyl groups excluding tert-OH is 1. The van der Waals surface area contributed by atoms with Crippen LogP contribution in [-0.2, 0) is 0 Å². The SMILES string of the molecule is Cc1ccc(C(O)CCN)nc1C. The molecule has 0 fully saturated rings. The molecule has 3 N–H and O–H groups in total. The number of nitrogens with zero attached hydrogens (tertiary/aromatic N) is 1. The minimum absolute atomic E-state index is 0.482. The molecule has 3 nitrogen and oxygen atoms in total. The van der Waals surface area contributed by atoms with Crippen LogP contribution in [-0.4, -0.2) is 16.6 Å². The number of rotatable bonds is 3. The molecule has 0 bridgehead atoms. The second-order valence-corrected chi connectivity index (χ2v) is 3.23. The average Bonchev–Trinajstić information content (AvgIpc) is 2.10. The van der Waals surface area contributed by atoms with Gasteiger partial charge in [0.05, 0.1) is 11.8 Å². The molecule has 1 atom stereocenters. The van der Waals surface area contributed by atoms with E-state index in [9.17, 15) is 5.11 Å². The Bertz CT molecular complexity index is 286. The predicted octanol–water partition coefficient (Wildman–Crippen LogP) is 1.08. The molecule has 1 heterocycles. The van der Waals surface area contributed by atoms with E-state index in [0.717, 1.165) is 11.3 Å². The van der Waals surface area contributed by atoms with Gasteiger partial charge >= 0.3 is 0 Å². The minimum Gasteiger partial charge on any atom is -0.387 e. The van der Waals surface area contributed by atoms with Gasteiger partial charge in [0.1, 0.15) is 0 Å². The highest BCUT2D eigenvalue weighted by atomic mass is 16.3. The van der Waals surface area contributed by atoms with E-state index in [-0.39, 0.29) is 0 Å². The van der Waals surface area contributed by atoms with Gasteiger partial charge in [0.25, 0.3) is 0 Å². The Labute approximate surface area is 78.6 Å². The van der Waals surface area contributed by atoms with Crippen LogP contribution in [0.2, 0.25) is 0 Å². The lowest BCUT2D eigenvalue weighted by atomic mass is 10.1. The van der Waals surface area contributed by atoms with E-state index in [2.05, 4.69) is 4.98 Å². The molecule has 0 aliphatic rings. The van der Waals surface area contributed by atoms with Gasteiger partial charge < -0.3 is 10.8 Å². The molecule has 13 heavy (non-hydrogen) atoms. The molecule has 3 heteroatoms. The van der Waals surface area contributed by atoms with Crippen LogP contribution in [0, 0.1) is 13.8 Å². The smallest absolute Gasteiger partial charge is 0.0971 e. The maximum atomic E-state index is 9.59. The van der Waals surface area contributed by atoms with Crippen LogP contribution in [0.4, 0.5) is 0 Å². The molecular weight excluding hydrogens is 164 g/mol. The van der Waals surface area contributed by atoms with Crippen molar-refractivity contribution in [1.82, 2.24) is 4.98 Å². The van der Waals surface area contributed by atoms with E-state index >= 15 is 0 Å². The molecule has 1 rings (SSSR count). The molecule has 0 amide bonds. The molecule has 0 aliphatic carbocycles. The maximum absolute atomic E-state index is 9.59. The lowest BCUT2D eigenvalue weighted by Gasteiger charge is -2.09. The predicted molar refractivity (Wildman–Crippen MR) is 52.3 cm³/mol. The van der Waals surface area contributed by atoms with E-state index in [4.69, 9.17) is 5.73 Å². The van der Waals surface area contributed by atoms with Gasteiger partial charge in [0.2, 0.25) is 0 Å². The number of aromatic nitrogens is 1. The van der Waals surface area contributed by atoms with Crippen molar-refractivity contribution < 1.29 is 5.11 Å². The summed E-state index contributed by atoms with van der Waals surface area (Å²) in [6, 6.07) is 3.82. The molecule has 72 valence electrons. The van der Waals surface area contributed by atoms with Crippen LogP contribution >= 0.6 is 0 Å². The fourth-order valence-corrected chi connectivity index (χ4v) is 1.14. The zero-order valence-electron chi connectivity index (χ0n) is 8.12. The Balaban J connectivity index is 2.84.